The average Bonchev–Trinajstić information content (AvgIpc) is 2.74. The van der Waals surface area contributed by atoms with E-state index in [4.69, 9.17) is 4.74 Å². The topological polar surface area (TPSA) is 123 Å². The highest BCUT2D eigenvalue weighted by molar-refractivity contribution is 6.01. The number of rotatable bonds is 7. The Morgan fingerprint density at radius 3 is 2.41 bits per heavy atom. The van der Waals surface area contributed by atoms with Gasteiger partial charge >= 0.3 is 12.1 Å². The van der Waals surface area contributed by atoms with Crippen LogP contribution in [0.1, 0.15) is 51.9 Å². The Morgan fingerprint density at radius 2 is 1.82 bits per heavy atom. The van der Waals surface area contributed by atoms with Crippen molar-refractivity contribution in [2.24, 2.45) is 5.92 Å². The maximum atomic E-state index is 13.4. The third kappa shape index (κ3) is 6.99. The third-order valence-electron chi connectivity index (χ3n) is 5.57. The minimum Gasteiger partial charge on any atom is -0.485 e. The standard InChI is InChI=1S/C24H39N5O5/c1-14(2)25-23(32)27-19-10-8-9-18-21(19)34-20(12-28(7)24(33)26-15(3)4)16(5)11-29(22(18)31)17(6)13-30/h8-10,14-17,20,30H,11-13H2,1-7H3,(H,26,33)(H2,25,27,32)/t16-,17+,20-/m1/s1. The summed E-state index contributed by atoms with van der Waals surface area (Å²) in [5.74, 6) is -0.214. The number of para-hydroxylation sites is 1. The largest absolute Gasteiger partial charge is 0.485 e. The van der Waals surface area contributed by atoms with Crippen LogP contribution in [0.3, 0.4) is 0 Å². The van der Waals surface area contributed by atoms with Crippen LogP contribution in [0.25, 0.3) is 0 Å². The number of nitrogens with zero attached hydrogens (tertiary/aromatic N) is 2. The monoisotopic (exact) mass is 477 g/mol. The Labute approximate surface area is 202 Å². The number of carbonyl (C=O) groups excluding carboxylic acids is 3. The van der Waals surface area contributed by atoms with Crippen molar-refractivity contribution in [1.29, 1.82) is 0 Å². The van der Waals surface area contributed by atoms with Crippen LogP contribution in [0.15, 0.2) is 18.2 Å². The van der Waals surface area contributed by atoms with Crippen molar-refractivity contribution >= 4 is 23.7 Å². The first kappa shape index (κ1) is 27.2. The molecule has 2 rings (SSSR count). The zero-order valence-electron chi connectivity index (χ0n) is 21.2. The molecule has 1 aliphatic rings. The molecule has 0 radical (unpaired) electrons. The molecule has 0 fully saturated rings. The summed E-state index contributed by atoms with van der Waals surface area (Å²) in [6.45, 7) is 11.6. The van der Waals surface area contributed by atoms with E-state index >= 15 is 0 Å². The van der Waals surface area contributed by atoms with Gasteiger partial charge < -0.3 is 35.6 Å². The van der Waals surface area contributed by atoms with E-state index in [-0.39, 0.29) is 54.4 Å². The van der Waals surface area contributed by atoms with Crippen LogP contribution in [-0.4, -0.2) is 83.8 Å². The van der Waals surface area contributed by atoms with Gasteiger partial charge in [0.05, 0.1) is 30.4 Å². The van der Waals surface area contributed by atoms with Gasteiger partial charge in [-0.1, -0.05) is 13.0 Å². The molecule has 0 spiro atoms. The number of benzene rings is 1. The quantitative estimate of drug-likeness (QED) is 0.480. The number of carbonyl (C=O) groups is 3. The summed E-state index contributed by atoms with van der Waals surface area (Å²) in [6, 6.07) is 3.84. The van der Waals surface area contributed by atoms with Crippen LogP contribution in [0.5, 0.6) is 5.75 Å². The lowest BCUT2D eigenvalue weighted by Crippen LogP contribution is -2.51. The second-order valence-corrected chi connectivity index (χ2v) is 9.54. The second kappa shape index (κ2) is 11.9. The molecule has 0 aromatic heterocycles. The van der Waals surface area contributed by atoms with E-state index in [1.807, 2.05) is 34.6 Å². The number of amides is 5. The summed E-state index contributed by atoms with van der Waals surface area (Å²) in [7, 11) is 1.69. The Balaban J connectivity index is 2.47. The first-order valence-electron chi connectivity index (χ1n) is 11.7. The van der Waals surface area contributed by atoms with Crippen LogP contribution in [0.2, 0.25) is 0 Å². The fourth-order valence-corrected chi connectivity index (χ4v) is 3.69. The number of aliphatic hydroxyl groups is 1. The number of aliphatic hydroxyl groups excluding tert-OH is 1. The zero-order chi connectivity index (χ0) is 25.6. The molecule has 1 aliphatic heterocycles. The van der Waals surface area contributed by atoms with Crippen molar-refractivity contribution in [1.82, 2.24) is 20.4 Å². The van der Waals surface area contributed by atoms with Crippen LogP contribution < -0.4 is 20.7 Å². The van der Waals surface area contributed by atoms with Gasteiger partial charge in [-0.05, 0) is 46.8 Å². The van der Waals surface area contributed by atoms with Crippen molar-refractivity contribution in [3.63, 3.8) is 0 Å². The second-order valence-electron chi connectivity index (χ2n) is 9.54. The van der Waals surface area contributed by atoms with E-state index in [9.17, 15) is 19.5 Å². The predicted octanol–water partition coefficient (Wildman–Crippen LogP) is 2.49. The van der Waals surface area contributed by atoms with Gasteiger partial charge in [0, 0.05) is 31.6 Å². The first-order chi connectivity index (χ1) is 15.9. The maximum Gasteiger partial charge on any atom is 0.319 e. The molecule has 1 aromatic rings. The van der Waals surface area contributed by atoms with Gasteiger partial charge in [0.15, 0.2) is 5.75 Å². The lowest BCUT2D eigenvalue weighted by Gasteiger charge is -2.38. The molecule has 0 bridgehead atoms. The van der Waals surface area contributed by atoms with Gasteiger partial charge in [0.1, 0.15) is 6.10 Å². The van der Waals surface area contributed by atoms with Crippen LogP contribution >= 0.6 is 0 Å². The Hall–Kier alpha value is -3.01. The number of ether oxygens (including phenoxy) is 1. The third-order valence-corrected chi connectivity index (χ3v) is 5.57. The highest BCUT2D eigenvalue weighted by Crippen LogP contribution is 2.35. The molecule has 5 amide bonds. The first-order valence-corrected chi connectivity index (χ1v) is 11.7. The number of hydrogen-bond acceptors (Lipinski definition) is 5. The molecular formula is C24H39N5O5. The zero-order valence-corrected chi connectivity index (χ0v) is 21.2. The summed E-state index contributed by atoms with van der Waals surface area (Å²) in [5, 5.41) is 18.2. The number of urea groups is 2. The molecule has 1 heterocycles. The van der Waals surface area contributed by atoms with Crippen LogP contribution in [0, 0.1) is 5.92 Å². The van der Waals surface area contributed by atoms with Crippen LogP contribution in [0.4, 0.5) is 15.3 Å². The molecule has 0 aliphatic carbocycles. The summed E-state index contributed by atoms with van der Waals surface area (Å²) < 4.78 is 6.37. The van der Waals surface area contributed by atoms with Crippen molar-refractivity contribution in [2.75, 3.05) is 32.1 Å². The molecule has 10 heteroatoms. The minimum atomic E-state index is -0.473. The van der Waals surface area contributed by atoms with Gasteiger partial charge in [-0.15, -0.1) is 0 Å². The number of fused-ring (bicyclic) bond motifs is 1. The Kier molecular flexibility index (Phi) is 9.55. The lowest BCUT2D eigenvalue weighted by molar-refractivity contribution is 0.0368. The van der Waals surface area contributed by atoms with E-state index in [1.165, 1.54) is 0 Å². The summed E-state index contributed by atoms with van der Waals surface area (Å²) in [4.78, 5) is 41.5. The summed E-state index contributed by atoms with van der Waals surface area (Å²) >= 11 is 0. The van der Waals surface area contributed by atoms with Gasteiger partial charge in [-0.25, -0.2) is 9.59 Å². The molecule has 0 saturated heterocycles. The molecule has 4 N–H and O–H groups in total. The van der Waals surface area contributed by atoms with Crippen molar-refractivity contribution in [2.45, 2.75) is 65.8 Å². The van der Waals surface area contributed by atoms with Gasteiger partial charge in [-0.2, -0.15) is 0 Å². The summed E-state index contributed by atoms with van der Waals surface area (Å²) in [5.41, 5.74) is 0.641. The minimum absolute atomic E-state index is 0.0138. The molecule has 10 nitrogen and oxygen atoms in total. The number of anilines is 1. The Morgan fingerprint density at radius 1 is 1.18 bits per heavy atom. The number of nitrogens with one attached hydrogen (secondary N) is 3. The SMILES string of the molecule is CC(C)NC(=O)Nc1cccc2c1O[C@H](CN(C)C(=O)NC(C)C)[C@H](C)CN([C@@H](C)CO)C2=O. The van der Waals surface area contributed by atoms with Crippen molar-refractivity contribution in [3.05, 3.63) is 23.8 Å². The molecule has 1 aromatic carbocycles. The molecular weight excluding hydrogens is 438 g/mol. The smallest absolute Gasteiger partial charge is 0.319 e. The highest BCUT2D eigenvalue weighted by atomic mass is 16.5. The van der Waals surface area contributed by atoms with E-state index in [0.717, 1.165) is 0 Å². The predicted molar refractivity (Wildman–Crippen MR) is 131 cm³/mol. The Bertz CT molecular complexity index is 875. The molecule has 190 valence electrons. The van der Waals surface area contributed by atoms with E-state index < -0.39 is 18.2 Å². The maximum absolute atomic E-state index is 13.4. The van der Waals surface area contributed by atoms with Gasteiger partial charge in [0.25, 0.3) is 5.91 Å². The molecule has 0 saturated carbocycles. The molecule has 3 atom stereocenters. The normalized spacial score (nSPS) is 19.0. The average molecular weight is 478 g/mol. The van der Waals surface area contributed by atoms with Crippen LogP contribution in [-0.2, 0) is 0 Å². The van der Waals surface area contributed by atoms with Gasteiger partial charge in [-0.3, -0.25) is 4.79 Å². The van der Waals surface area contributed by atoms with Gasteiger partial charge in [0.2, 0.25) is 0 Å². The fraction of sp³-hybridized carbons (Fsp3) is 0.625. The summed E-state index contributed by atoms with van der Waals surface area (Å²) in [6.07, 6.45) is -0.473. The number of likely N-dealkylation sites (N-methyl/N-ethyl adjacent to an activating group) is 1. The highest BCUT2D eigenvalue weighted by Gasteiger charge is 2.35. The van der Waals surface area contributed by atoms with E-state index in [2.05, 4.69) is 16.0 Å². The molecule has 34 heavy (non-hydrogen) atoms. The van der Waals surface area contributed by atoms with Crippen molar-refractivity contribution in [3.8, 4) is 5.75 Å². The van der Waals surface area contributed by atoms with E-state index in [0.29, 0.717) is 12.2 Å². The molecule has 0 unspecified atom stereocenters. The van der Waals surface area contributed by atoms with Crippen molar-refractivity contribution < 1.29 is 24.2 Å². The lowest BCUT2D eigenvalue weighted by atomic mass is 9.99. The number of hydrogen-bond donors (Lipinski definition) is 4. The fourth-order valence-electron chi connectivity index (χ4n) is 3.69. The van der Waals surface area contributed by atoms with E-state index in [1.54, 1.807) is 42.0 Å².